The Labute approximate surface area is 375 Å². The van der Waals surface area contributed by atoms with Crippen LogP contribution in [0.1, 0.15) is 287 Å². The highest BCUT2D eigenvalue weighted by Crippen LogP contribution is 2.19. The molecule has 1 atom stereocenters. The molecule has 0 aromatic heterocycles. The van der Waals surface area contributed by atoms with Gasteiger partial charge in [-0.2, -0.15) is 0 Å². The molecule has 0 aliphatic carbocycles. The summed E-state index contributed by atoms with van der Waals surface area (Å²) in [6.45, 7) is 24.8. The van der Waals surface area contributed by atoms with Crippen molar-refractivity contribution in [2.45, 2.75) is 293 Å². The van der Waals surface area contributed by atoms with Crippen molar-refractivity contribution in [1.29, 1.82) is 0 Å². The highest BCUT2D eigenvalue weighted by Gasteiger charge is 2.06. The average Bonchev–Trinajstić information content (AvgIpc) is 3.27. The fourth-order valence-corrected chi connectivity index (χ4v) is 6.51. The monoisotopic (exact) mass is 847 g/mol. The van der Waals surface area contributed by atoms with Crippen LogP contribution in [-0.2, 0) is 14.3 Å². The van der Waals surface area contributed by atoms with E-state index in [1.165, 1.54) is 219 Å². The lowest BCUT2D eigenvalue weighted by Crippen LogP contribution is -2.16. The van der Waals surface area contributed by atoms with E-state index in [4.69, 9.17) is 20.4 Å². The normalized spacial score (nSPS) is 10.4. The lowest BCUT2D eigenvalue weighted by Gasteiger charge is -2.15. The third kappa shape index (κ3) is 93.4. The Balaban J connectivity index is -0.000000146. The van der Waals surface area contributed by atoms with E-state index in [0.717, 1.165) is 45.1 Å². The molecule has 0 bridgehead atoms. The highest BCUT2D eigenvalue weighted by atomic mass is 16.5. The lowest BCUT2D eigenvalue weighted by atomic mass is 9.96. The largest absolute Gasteiger partial charge is 0.400 e. The zero-order valence-corrected chi connectivity index (χ0v) is 43.1. The van der Waals surface area contributed by atoms with Crippen LogP contribution in [0.4, 0.5) is 0 Å². The molecule has 0 rings (SSSR count). The fourth-order valence-electron chi connectivity index (χ4n) is 6.51. The molecule has 0 saturated heterocycles. The fraction of sp³-hybridized carbons (Fsp3) is 0.962. The van der Waals surface area contributed by atoms with Gasteiger partial charge >= 0.3 is 0 Å². The molecule has 0 amide bonds. The molecular formula is C53H118N2O4. The van der Waals surface area contributed by atoms with Gasteiger partial charge in [-0.25, -0.2) is 0 Å². The van der Waals surface area contributed by atoms with Gasteiger partial charge in [0.05, 0.1) is 6.10 Å². The van der Waals surface area contributed by atoms with Crippen molar-refractivity contribution in [3.8, 4) is 0 Å². The number of ether oxygens (including phenoxy) is 1. The Bertz CT molecular complexity index is 578. The molecule has 4 N–H and O–H groups in total. The van der Waals surface area contributed by atoms with E-state index >= 15 is 0 Å². The first kappa shape index (κ1) is 72.6. The van der Waals surface area contributed by atoms with Gasteiger partial charge in [0, 0.05) is 20.6 Å². The summed E-state index contributed by atoms with van der Waals surface area (Å²) < 4.78 is 5.61. The Morgan fingerprint density at radius 2 is 0.780 bits per heavy atom. The van der Waals surface area contributed by atoms with Crippen LogP contribution < -0.4 is 11.1 Å². The number of aliphatic hydroxyl groups excluding tert-OH is 1. The predicted molar refractivity (Wildman–Crippen MR) is 270 cm³/mol. The van der Waals surface area contributed by atoms with E-state index in [-0.39, 0.29) is 0 Å². The van der Waals surface area contributed by atoms with E-state index in [0.29, 0.717) is 6.10 Å². The van der Waals surface area contributed by atoms with Gasteiger partial charge in [-0.3, -0.25) is 0 Å². The SMILES string of the molecule is C=O.CC.CCC.CCCCCCCC(C)CCCCCCCCNCCCCCCCC=O.CCCCCCCCC(CCCCCCCC)OC.CCCN.CO. The molecule has 0 aliphatic rings. The van der Waals surface area contributed by atoms with Gasteiger partial charge in [0.1, 0.15) is 13.1 Å². The molecule has 0 radical (unpaired) electrons. The lowest BCUT2D eigenvalue weighted by molar-refractivity contribution is -0.108. The average molecular weight is 848 g/mol. The van der Waals surface area contributed by atoms with Crippen LogP contribution in [0.15, 0.2) is 0 Å². The summed E-state index contributed by atoms with van der Waals surface area (Å²) >= 11 is 0. The zero-order chi connectivity index (χ0) is 46.1. The summed E-state index contributed by atoms with van der Waals surface area (Å²) in [6.07, 6.45) is 48.6. The van der Waals surface area contributed by atoms with Crippen molar-refractivity contribution >= 4 is 13.1 Å². The van der Waals surface area contributed by atoms with E-state index in [1.54, 1.807) is 0 Å². The number of hydrogen-bond donors (Lipinski definition) is 3. The highest BCUT2D eigenvalue weighted by molar-refractivity contribution is 5.48. The summed E-state index contributed by atoms with van der Waals surface area (Å²) in [6, 6.07) is 0. The molecular weight excluding hydrogens is 729 g/mol. The smallest absolute Gasteiger partial charge is 0.119 e. The second kappa shape index (κ2) is 84.6. The van der Waals surface area contributed by atoms with Gasteiger partial charge in [-0.05, 0) is 64.1 Å². The Morgan fingerprint density at radius 3 is 1.07 bits per heavy atom. The Hall–Kier alpha value is -0.820. The van der Waals surface area contributed by atoms with E-state index in [1.807, 2.05) is 27.7 Å². The van der Waals surface area contributed by atoms with Crippen molar-refractivity contribution in [3.63, 3.8) is 0 Å². The summed E-state index contributed by atoms with van der Waals surface area (Å²) in [5.41, 5.74) is 5.03. The number of methoxy groups -OCH3 is 1. The quantitative estimate of drug-likeness (QED) is 0.0421. The molecule has 364 valence electrons. The van der Waals surface area contributed by atoms with Gasteiger partial charge in [-0.1, -0.05) is 242 Å². The van der Waals surface area contributed by atoms with Crippen LogP contribution in [0.3, 0.4) is 0 Å². The van der Waals surface area contributed by atoms with Crippen LogP contribution in [0.5, 0.6) is 0 Å². The number of carbonyl (C=O) groups excluding carboxylic acids is 2. The first-order valence-corrected chi connectivity index (χ1v) is 26.1. The van der Waals surface area contributed by atoms with Crippen molar-refractivity contribution in [2.24, 2.45) is 11.7 Å². The van der Waals surface area contributed by atoms with Gasteiger partial charge in [0.15, 0.2) is 0 Å². The van der Waals surface area contributed by atoms with E-state index < -0.39 is 0 Å². The molecule has 0 heterocycles. The molecule has 0 saturated carbocycles. The number of aliphatic hydroxyl groups is 1. The van der Waals surface area contributed by atoms with Gasteiger partial charge in [0.25, 0.3) is 0 Å². The first-order chi connectivity index (χ1) is 29.0. The van der Waals surface area contributed by atoms with Gasteiger partial charge in [-0.15, -0.1) is 0 Å². The number of hydrogen-bond acceptors (Lipinski definition) is 6. The van der Waals surface area contributed by atoms with Crippen molar-refractivity contribution < 1.29 is 19.4 Å². The minimum absolute atomic E-state index is 0.525. The van der Waals surface area contributed by atoms with Crippen molar-refractivity contribution in [3.05, 3.63) is 0 Å². The van der Waals surface area contributed by atoms with E-state index in [2.05, 4.69) is 53.8 Å². The Morgan fingerprint density at radius 1 is 0.508 bits per heavy atom. The molecule has 59 heavy (non-hydrogen) atoms. The van der Waals surface area contributed by atoms with Crippen LogP contribution in [0, 0.1) is 5.92 Å². The molecule has 6 nitrogen and oxygen atoms in total. The zero-order valence-electron chi connectivity index (χ0n) is 43.1. The second-order valence-electron chi connectivity index (χ2n) is 16.2. The minimum atomic E-state index is 0.525. The number of aldehydes is 1. The van der Waals surface area contributed by atoms with Crippen LogP contribution >= 0.6 is 0 Å². The number of unbranched alkanes of at least 4 members (excludes halogenated alkanes) is 24. The van der Waals surface area contributed by atoms with Gasteiger partial charge < -0.3 is 30.5 Å². The third-order valence-corrected chi connectivity index (χ3v) is 10.2. The predicted octanol–water partition coefficient (Wildman–Crippen LogP) is 16.6. The third-order valence-electron chi connectivity index (χ3n) is 10.2. The molecule has 0 aromatic rings. The number of nitrogens with one attached hydrogen (secondary N) is 1. The standard InChI is InChI=1S/C25H51NO.C18H38O.C3H9N.C3H8.C2H6.CH4O.CH2O/c1-3-4-5-10-15-20-25(2)21-16-11-6-7-12-17-22-26-23-18-13-8-9-14-19-24-27;1-4-6-8-10-12-14-16-18(19-3)17-15-13-11-9-7-5-2;1-2-3-4;1-3-2;3*1-2/h24-26H,3-23H2,1-2H3;18H,4-17H2,1-3H3;2-4H2,1H3;3H2,1-2H3;1-2H3;2H,1H3;1H2. The summed E-state index contributed by atoms with van der Waals surface area (Å²) in [5.74, 6) is 0.945. The van der Waals surface area contributed by atoms with Crippen molar-refractivity contribution in [2.75, 3.05) is 33.9 Å². The van der Waals surface area contributed by atoms with Crippen LogP contribution in [0.2, 0.25) is 0 Å². The number of carbonyl (C=O) groups is 2. The number of nitrogens with two attached hydrogens (primary N) is 1. The molecule has 1 unspecified atom stereocenters. The summed E-state index contributed by atoms with van der Waals surface area (Å²) in [5, 5.41) is 10.6. The number of rotatable bonds is 39. The molecule has 0 fully saturated rings. The van der Waals surface area contributed by atoms with E-state index in [9.17, 15) is 4.79 Å². The maximum atomic E-state index is 10.2. The molecule has 0 aliphatic heterocycles. The first-order valence-electron chi connectivity index (χ1n) is 26.1. The Kier molecular flexibility index (Phi) is 104. The maximum absolute atomic E-state index is 10.2. The summed E-state index contributed by atoms with van der Waals surface area (Å²) in [7, 11) is 2.89. The van der Waals surface area contributed by atoms with Gasteiger partial charge in [0.2, 0.25) is 0 Å². The van der Waals surface area contributed by atoms with Crippen LogP contribution in [0.25, 0.3) is 0 Å². The van der Waals surface area contributed by atoms with Crippen LogP contribution in [-0.4, -0.2) is 58.1 Å². The minimum Gasteiger partial charge on any atom is -0.400 e. The topological polar surface area (TPSA) is 102 Å². The summed E-state index contributed by atoms with van der Waals surface area (Å²) in [4.78, 5) is 18.2. The molecule has 6 heteroatoms. The second-order valence-corrected chi connectivity index (χ2v) is 16.2. The molecule has 0 spiro atoms. The van der Waals surface area contributed by atoms with Crippen molar-refractivity contribution in [1.82, 2.24) is 5.32 Å². The molecule has 0 aromatic carbocycles. The maximum Gasteiger partial charge on any atom is 0.119 e.